The van der Waals surface area contributed by atoms with Gasteiger partial charge < -0.3 is 20.1 Å². The Morgan fingerprint density at radius 2 is 1.91 bits per heavy atom. The van der Waals surface area contributed by atoms with E-state index in [0.29, 0.717) is 28.1 Å². The van der Waals surface area contributed by atoms with Crippen LogP contribution in [0.1, 0.15) is 30.2 Å². The van der Waals surface area contributed by atoms with Crippen molar-refractivity contribution < 1.29 is 27.4 Å². The van der Waals surface area contributed by atoms with Gasteiger partial charge in [0.1, 0.15) is 46.5 Å². The number of benzene rings is 1. The van der Waals surface area contributed by atoms with Gasteiger partial charge in [0, 0.05) is 6.07 Å². The summed E-state index contributed by atoms with van der Waals surface area (Å²) in [6, 6.07) is 5.15. The second-order valence-corrected chi connectivity index (χ2v) is 7.06. The van der Waals surface area contributed by atoms with Crippen LogP contribution < -0.4 is 20.1 Å². The van der Waals surface area contributed by atoms with Crippen LogP contribution in [0.5, 0.6) is 11.5 Å². The zero-order chi connectivity index (χ0) is 24.6. The molecule has 1 amide bonds. The fraction of sp³-hybridized carbons (Fsp3) is 0.273. The molecule has 34 heavy (non-hydrogen) atoms. The zero-order valence-electron chi connectivity index (χ0n) is 18.6. The molecule has 0 atom stereocenters. The van der Waals surface area contributed by atoms with Crippen molar-refractivity contribution in [1.82, 2.24) is 19.4 Å². The molecule has 1 aliphatic heterocycles. The Labute approximate surface area is 191 Å². The lowest BCUT2D eigenvalue weighted by Gasteiger charge is -2.29. The number of pyridine rings is 1. The highest BCUT2D eigenvalue weighted by Crippen LogP contribution is 2.37. The summed E-state index contributed by atoms with van der Waals surface area (Å²) in [4.78, 5) is 27.5. The molecule has 0 unspecified atom stereocenters. The molecule has 4 aromatic rings. The number of carbonyl (C=O) groups is 1. The van der Waals surface area contributed by atoms with E-state index in [-0.39, 0.29) is 30.4 Å². The highest BCUT2D eigenvalue weighted by Gasteiger charge is 2.32. The summed E-state index contributed by atoms with van der Waals surface area (Å²) < 4.78 is 48.7. The highest BCUT2D eigenvalue weighted by atomic mass is 19.4. The third-order valence-corrected chi connectivity index (χ3v) is 5.04. The number of imidazole rings is 1. The van der Waals surface area contributed by atoms with E-state index in [0.717, 1.165) is 12.1 Å². The summed E-state index contributed by atoms with van der Waals surface area (Å²) in [6.45, 7) is 6.10. The molecule has 0 saturated carbocycles. The number of hydrogen-bond acceptors (Lipinski definition) is 7. The quantitative estimate of drug-likeness (QED) is 0.465. The van der Waals surface area contributed by atoms with Crippen LogP contribution in [0, 0.1) is 6.92 Å². The molecule has 1 aliphatic rings. The number of aromatic nitrogens is 4. The number of aryl methyl sites for hydroxylation is 1. The van der Waals surface area contributed by atoms with E-state index in [4.69, 9.17) is 10.5 Å². The first-order valence-corrected chi connectivity index (χ1v) is 10.4. The molecule has 5 rings (SSSR count). The smallest absolute Gasteiger partial charge is 0.489 e. The van der Waals surface area contributed by atoms with E-state index >= 15 is 0 Å². The van der Waals surface area contributed by atoms with Gasteiger partial charge in [-0.2, -0.15) is 0 Å². The van der Waals surface area contributed by atoms with E-state index in [1.807, 2.05) is 13.8 Å². The predicted octanol–water partition coefficient (Wildman–Crippen LogP) is 4.13. The number of nitrogens with two attached hydrogens (primary N) is 1. The van der Waals surface area contributed by atoms with Crippen molar-refractivity contribution in [2.24, 2.45) is 0 Å². The Kier molecular flexibility index (Phi) is 5.90. The van der Waals surface area contributed by atoms with Gasteiger partial charge in [-0.15, -0.1) is 13.2 Å². The Morgan fingerprint density at radius 3 is 2.65 bits per heavy atom. The van der Waals surface area contributed by atoms with Crippen LogP contribution in [0.15, 0.2) is 36.7 Å². The minimum atomic E-state index is -4.83. The standard InChI is InChI=1S/C20H15F3N6O3.C2H6/c1-10-25-9-16-18(24)27-13-8-26-12(7-15(13)29(10)16)19(30)28-4-5-31-17-6-11(2-3-14(17)28)32-20(21,22)23;1-2/h2-3,6-9H,4-5H2,1H3,(H2,24,27);1-2H3. The van der Waals surface area contributed by atoms with Crippen molar-refractivity contribution >= 4 is 34.0 Å². The van der Waals surface area contributed by atoms with Gasteiger partial charge in [-0.1, -0.05) is 13.8 Å². The first-order valence-electron chi connectivity index (χ1n) is 10.4. The molecule has 2 N–H and O–H groups in total. The number of fused-ring (bicyclic) bond motifs is 4. The van der Waals surface area contributed by atoms with Gasteiger partial charge in [0.15, 0.2) is 0 Å². The Bertz CT molecular complexity index is 1390. The normalized spacial score (nSPS) is 13.2. The molecule has 0 bridgehead atoms. The number of halogens is 3. The fourth-order valence-electron chi connectivity index (χ4n) is 3.68. The minimum absolute atomic E-state index is 0.102. The maximum atomic E-state index is 13.3. The molecule has 4 heterocycles. The van der Waals surface area contributed by atoms with Crippen molar-refractivity contribution in [2.45, 2.75) is 27.1 Å². The number of nitrogens with zero attached hydrogens (tertiary/aromatic N) is 5. The van der Waals surface area contributed by atoms with Crippen molar-refractivity contribution in [2.75, 3.05) is 23.8 Å². The van der Waals surface area contributed by atoms with E-state index in [1.165, 1.54) is 17.2 Å². The summed E-state index contributed by atoms with van der Waals surface area (Å²) in [5.74, 6) is 0.185. The fourth-order valence-corrected chi connectivity index (χ4v) is 3.68. The van der Waals surface area contributed by atoms with Crippen LogP contribution >= 0.6 is 0 Å². The van der Waals surface area contributed by atoms with Gasteiger partial charge in [0.05, 0.1) is 30.1 Å². The van der Waals surface area contributed by atoms with E-state index in [9.17, 15) is 18.0 Å². The summed E-state index contributed by atoms with van der Waals surface area (Å²) in [5, 5.41) is 0. The predicted molar refractivity (Wildman–Crippen MR) is 119 cm³/mol. The van der Waals surface area contributed by atoms with Crippen molar-refractivity contribution in [3.8, 4) is 11.5 Å². The summed E-state index contributed by atoms with van der Waals surface area (Å²) in [6.07, 6.45) is -1.79. The molecule has 0 spiro atoms. The molecule has 178 valence electrons. The lowest BCUT2D eigenvalue weighted by atomic mass is 10.2. The van der Waals surface area contributed by atoms with Gasteiger partial charge >= 0.3 is 6.36 Å². The van der Waals surface area contributed by atoms with Crippen molar-refractivity contribution in [1.29, 1.82) is 0 Å². The SMILES string of the molecule is CC.Cc1ncc2c(N)nc3cnc(C(=O)N4CCOc5cc(OC(F)(F)F)ccc54)cc3n12. The largest absolute Gasteiger partial charge is 0.573 e. The van der Waals surface area contributed by atoms with E-state index < -0.39 is 18.0 Å². The lowest BCUT2D eigenvalue weighted by molar-refractivity contribution is -0.274. The first-order chi connectivity index (χ1) is 16.2. The average molecular weight is 474 g/mol. The maximum absolute atomic E-state index is 13.3. The number of ether oxygens (including phenoxy) is 2. The molecule has 0 radical (unpaired) electrons. The number of amides is 1. The average Bonchev–Trinajstić information content (AvgIpc) is 3.21. The maximum Gasteiger partial charge on any atom is 0.573 e. The summed E-state index contributed by atoms with van der Waals surface area (Å²) in [7, 11) is 0. The highest BCUT2D eigenvalue weighted by molar-refractivity contribution is 6.07. The molecule has 12 heteroatoms. The van der Waals surface area contributed by atoms with Crippen LogP contribution in [0.4, 0.5) is 24.7 Å². The Morgan fingerprint density at radius 1 is 1.15 bits per heavy atom. The number of nitrogen functional groups attached to an aromatic ring is 1. The third kappa shape index (κ3) is 4.14. The number of anilines is 2. The summed E-state index contributed by atoms with van der Waals surface area (Å²) >= 11 is 0. The lowest BCUT2D eigenvalue weighted by Crippen LogP contribution is -2.38. The van der Waals surface area contributed by atoms with Gasteiger partial charge in [0.2, 0.25) is 0 Å². The van der Waals surface area contributed by atoms with Gasteiger partial charge in [-0.3, -0.25) is 9.20 Å². The number of carbonyl (C=O) groups excluding carboxylic acids is 1. The number of rotatable bonds is 2. The second-order valence-electron chi connectivity index (χ2n) is 7.06. The molecule has 1 aromatic carbocycles. The summed E-state index contributed by atoms with van der Waals surface area (Å²) in [5.41, 5.74) is 8.12. The molecular weight excluding hydrogens is 453 g/mol. The third-order valence-electron chi connectivity index (χ3n) is 5.04. The Balaban J connectivity index is 0.00000133. The van der Waals surface area contributed by atoms with E-state index in [1.54, 1.807) is 23.6 Å². The minimum Gasteiger partial charge on any atom is -0.489 e. The molecule has 0 fully saturated rings. The molecule has 3 aromatic heterocycles. The molecule has 9 nitrogen and oxygen atoms in total. The first kappa shape index (κ1) is 23.1. The van der Waals surface area contributed by atoms with Crippen LogP contribution in [0.3, 0.4) is 0 Å². The van der Waals surface area contributed by atoms with Crippen LogP contribution in [0.2, 0.25) is 0 Å². The second kappa shape index (κ2) is 8.69. The Hall–Kier alpha value is -4.09. The van der Waals surface area contributed by atoms with Crippen LogP contribution in [-0.2, 0) is 0 Å². The molecular formula is C22H21F3N6O3. The number of hydrogen-bond donors (Lipinski definition) is 1. The van der Waals surface area contributed by atoms with Crippen molar-refractivity contribution in [3.63, 3.8) is 0 Å². The van der Waals surface area contributed by atoms with Gasteiger partial charge in [-0.25, -0.2) is 15.0 Å². The van der Waals surface area contributed by atoms with Gasteiger partial charge in [-0.05, 0) is 25.1 Å². The molecule has 0 aliphatic carbocycles. The van der Waals surface area contributed by atoms with Gasteiger partial charge in [0.25, 0.3) is 5.91 Å². The van der Waals surface area contributed by atoms with Crippen molar-refractivity contribution in [3.05, 3.63) is 48.2 Å². The van der Waals surface area contributed by atoms with Crippen LogP contribution in [-0.4, -0.2) is 44.8 Å². The topological polar surface area (TPSA) is 108 Å². The monoisotopic (exact) mass is 474 g/mol. The molecule has 0 saturated heterocycles. The zero-order valence-corrected chi connectivity index (χ0v) is 18.6. The van der Waals surface area contributed by atoms with E-state index in [2.05, 4.69) is 19.7 Å². The number of alkyl halides is 3. The van der Waals surface area contributed by atoms with Crippen LogP contribution in [0.25, 0.3) is 16.6 Å².